The molecule has 0 aromatic carbocycles. The average Bonchev–Trinajstić information content (AvgIpc) is 2.48. The molecule has 1 aromatic rings. The van der Waals surface area contributed by atoms with Gasteiger partial charge in [0.1, 0.15) is 6.33 Å². The summed E-state index contributed by atoms with van der Waals surface area (Å²) in [6.45, 7) is 2.15. The third-order valence-electron chi connectivity index (χ3n) is 1.76. The molecule has 0 amide bonds. The average molecular weight is 200 g/mol. The van der Waals surface area contributed by atoms with Crippen LogP contribution in [0.3, 0.4) is 0 Å². The van der Waals surface area contributed by atoms with Gasteiger partial charge in [0.2, 0.25) is 0 Å². The summed E-state index contributed by atoms with van der Waals surface area (Å²) in [4.78, 5) is 4.11. The monoisotopic (exact) mass is 200 g/mol. The molecule has 0 aliphatic heterocycles. The maximum Gasteiger partial charge on any atom is 0.185 e. The smallest absolute Gasteiger partial charge is 0.185 e. The summed E-state index contributed by atoms with van der Waals surface area (Å²) in [5.41, 5.74) is 5.87. The van der Waals surface area contributed by atoms with Crippen molar-refractivity contribution in [3.63, 3.8) is 0 Å². The molecule has 0 saturated carbocycles. The fourth-order valence-electron chi connectivity index (χ4n) is 1.05. The summed E-state index contributed by atoms with van der Waals surface area (Å²) in [6, 6.07) is 0.270. The Labute approximate surface area is 82.9 Å². The van der Waals surface area contributed by atoms with Gasteiger partial charge in [-0.15, -0.1) is 0 Å². The van der Waals surface area contributed by atoms with E-state index in [4.69, 9.17) is 5.73 Å². The standard InChI is InChI=1S/C8H16N4S/c1-3-4-7(9)5-13-8-10-6-11-12(8)2/h6-7H,3-5,9H2,1-2H3. The Morgan fingerprint density at radius 2 is 2.46 bits per heavy atom. The molecule has 0 fully saturated rings. The fraction of sp³-hybridized carbons (Fsp3) is 0.750. The highest BCUT2D eigenvalue weighted by Crippen LogP contribution is 2.14. The van der Waals surface area contributed by atoms with Gasteiger partial charge in [-0.3, -0.25) is 0 Å². The second-order valence-electron chi connectivity index (χ2n) is 3.03. The van der Waals surface area contributed by atoms with Crippen LogP contribution in [0.25, 0.3) is 0 Å². The molecule has 0 aliphatic carbocycles. The van der Waals surface area contributed by atoms with Gasteiger partial charge in [0.15, 0.2) is 5.16 Å². The van der Waals surface area contributed by atoms with E-state index in [1.807, 2.05) is 7.05 Å². The van der Waals surface area contributed by atoms with Gasteiger partial charge in [-0.25, -0.2) is 9.67 Å². The van der Waals surface area contributed by atoms with E-state index in [0.29, 0.717) is 0 Å². The normalized spacial score (nSPS) is 13.2. The van der Waals surface area contributed by atoms with E-state index in [9.17, 15) is 0 Å². The first-order valence-corrected chi connectivity index (χ1v) is 5.45. The number of thioether (sulfide) groups is 1. The summed E-state index contributed by atoms with van der Waals surface area (Å²) in [6.07, 6.45) is 3.78. The molecule has 0 aliphatic rings. The lowest BCUT2D eigenvalue weighted by Gasteiger charge is -2.08. The summed E-state index contributed by atoms with van der Waals surface area (Å²) >= 11 is 1.67. The Bertz CT molecular complexity index is 248. The third kappa shape index (κ3) is 3.36. The number of rotatable bonds is 5. The maximum atomic E-state index is 5.87. The van der Waals surface area contributed by atoms with Crippen LogP contribution in [0.2, 0.25) is 0 Å². The predicted molar refractivity (Wildman–Crippen MR) is 54.6 cm³/mol. The van der Waals surface area contributed by atoms with Gasteiger partial charge in [0, 0.05) is 18.8 Å². The Balaban J connectivity index is 2.30. The van der Waals surface area contributed by atoms with Crippen molar-refractivity contribution in [3.05, 3.63) is 6.33 Å². The lowest BCUT2D eigenvalue weighted by atomic mass is 10.2. The van der Waals surface area contributed by atoms with E-state index in [1.165, 1.54) is 0 Å². The van der Waals surface area contributed by atoms with Crippen LogP contribution in [-0.2, 0) is 7.05 Å². The molecule has 1 aromatic heterocycles. The molecule has 1 heterocycles. The first-order chi connectivity index (χ1) is 6.24. The number of aromatic nitrogens is 3. The molecule has 0 spiro atoms. The highest BCUT2D eigenvalue weighted by atomic mass is 32.2. The van der Waals surface area contributed by atoms with E-state index in [1.54, 1.807) is 22.8 Å². The largest absolute Gasteiger partial charge is 0.327 e. The molecule has 0 saturated heterocycles. The lowest BCUT2D eigenvalue weighted by molar-refractivity contribution is 0.653. The van der Waals surface area contributed by atoms with Crippen LogP contribution in [0.15, 0.2) is 11.5 Å². The van der Waals surface area contributed by atoms with Crippen LogP contribution in [0.1, 0.15) is 19.8 Å². The van der Waals surface area contributed by atoms with Crippen molar-refractivity contribution >= 4 is 11.8 Å². The number of hydrogen-bond donors (Lipinski definition) is 1. The van der Waals surface area contributed by atoms with Crippen LogP contribution < -0.4 is 5.73 Å². The molecule has 74 valence electrons. The second-order valence-corrected chi connectivity index (χ2v) is 4.01. The van der Waals surface area contributed by atoms with Gasteiger partial charge in [0.25, 0.3) is 0 Å². The van der Waals surface area contributed by atoms with Gasteiger partial charge in [0.05, 0.1) is 0 Å². The van der Waals surface area contributed by atoms with Gasteiger partial charge in [-0.2, -0.15) is 5.10 Å². The number of nitrogens with two attached hydrogens (primary N) is 1. The Hall–Kier alpha value is -0.550. The maximum absolute atomic E-state index is 5.87. The first kappa shape index (κ1) is 10.5. The van der Waals surface area contributed by atoms with Crippen LogP contribution in [-0.4, -0.2) is 26.6 Å². The van der Waals surface area contributed by atoms with Crippen molar-refractivity contribution in [3.8, 4) is 0 Å². The Morgan fingerprint density at radius 1 is 1.69 bits per heavy atom. The van der Waals surface area contributed by atoms with Crippen molar-refractivity contribution in [2.45, 2.75) is 31.0 Å². The molecule has 4 nitrogen and oxygen atoms in total. The number of nitrogens with zero attached hydrogens (tertiary/aromatic N) is 3. The second kappa shape index (κ2) is 5.24. The molecular weight excluding hydrogens is 184 g/mol. The molecule has 1 rings (SSSR count). The molecular formula is C8H16N4S. The van der Waals surface area contributed by atoms with Crippen LogP contribution in [0.5, 0.6) is 0 Å². The molecule has 2 N–H and O–H groups in total. The molecule has 5 heteroatoms. The van der Waals surface area contributed by atoms with Crippen LogP contribution in [0.4, 0.5) is 0 Å². The predicted octanol–water partition coefficient (Wildman–Crippen LogP) is 1.03. The van der Waals surface area contributed by atoms with Crippen LogP contribution >= 0.6 is 11.8 Å². The van der Waals surface area contributed by atoms with Gasteiger partial charge in [-0.1, -0.05) is 25.1 Å². The minimum Gasteiger partial charge on any atom is -0.327 e. The highest BCUT2D eigenvalue weighted by Gasteiger charge is 2.05. The quantitative estimate of drug-likeness (QED) is 0.721. The summed E-state index contributed by atoms with van der Waals surface area (Å²) in [7, 11) is 1.89. The van der Waals surface area contributed by atoms with Crippen molar-refractivity contribution in [2.24, 2.45) is 12.8 Å². The van der Waals surface area contributed by atoms with E-state index < -0.39 is 0 Å². The van der Waals surface area contributed by atoms with Gasteiger partial charge < -0.3 is 5.73 Å². The number of hydrogen-bond acceptors (Lipinski definition) is 4. The molecule has 13 heavy (non-hydrogen) atoms. The zero-order chi connectivity index (χ0) is 9.68. The van der Waals surface area contributed by atoms with Gasteiger partial charge >= 0.3 is 0 Å². The fourth-order valence-corrected chi connectivity index (χ4v) is 1.94. The Kier molecular flexibility index (Phi) is 4.24. The molecule has 1 atom stereocenters. The lowest BCUT2D eigenvalue weighted by Crippen LogP contribution is -2.22. The zero-order valence-electron chi connectivity index (χ0n) is 8.10. The van der Waals surface area contributed by atoms with Crippen LogP contribution in [0, 0.1) is 0 Å². The van der Waals surface area contributed by atoms with E-state index >= 15 is 0 Å². The molecule has 0 radical (unpaired) electrons. The van der Waals surface area contributed by atoms with Crippen molar-refractivity contribution in [2.75, 3.05) is 5.75 Å². The number of aryl methyl sites for hydroxylation is 1. The summed E-state index contributed by atoms with van der Waals surface area (Å²) in [5, 5.41) is 4.92. The summed E-state index contributed by atoms with van der Waals surface area (Å²) < 4.78 is 1.77. The minimum absolute atomic E-state index is 0.270. The van der Waals surface area contributed by atoms with Crippen molar-refractivity contribution < 1.29 is 0 Å². The first-order valence-electron chi connectivity index (χ1n) is 4.46. The van der Waals surface area contributed by atoms with Crippen molar-refractivity contribution in [1.82, 2.24) is 14.8 Å². The minimum atomic E-state index is 0.270. The van der Waals surface area contributed by atoms with E-state index in [-0.39, 0.29) is 6.04 Å². The third-order valence-corrected chi connectivity index (χ3v) is 2.98. The SMILES string of the molecule is CCCC(N)CSc1ncnn1C. The zero-order valence-corrected chi connectivity index (χ0v) is 8.92. The molecule has 1 unspecified atom stereocenters. The highest BCUT2D eigenvalue weighted by molar-refractivity contribution is 7.99. The van der Waals surface area contributed by atoms with Crippen molar-refractivity contribution in [1.29, 1.82) is 0 Å². The summed E-state index contributed by atoms with van der Waals surface area (Å²) in [5.74, 6) is 0.917. The van der Waals surface area contributed by atoms with E-state index in [2.05, 4.69) is 17.0 Å². The van der Waals surface area contributed by atoms with E-state index in [0.717, 1.165) is 23.8 Å². The molecule has 0 bridgehead atoms. The topological polar surface area (TPSA) is 56.7 Å². The Morgan fingerprint density at radius 3 is 3.00 bits per heavy atom. The van der Waals surface area contributed by atoms with Gasteiger partial charge in [-0.05, 0) is 6.42 Å².